The van der Waals surface area contributed by atoms with E-state index in [0.29, 0.717) is 41.6 Å². The first-order valence-corrected chi connectivity index (χ1v) is 10.8. The third kappa shape index (κ3) is 5.18. The highest BCUT2D eigenvalue weighted by Gasteiger charge is 2.35. The van der Waals surface area contributed by atoms with Gasteiger partial charge in [0, 0.05) is 5.57 Å². The Labute approximate surface area is 199 Å². The van der Waals surface area contributed by atoms with Gasteiger partial charge in [0.25, 0.3) is 11.8 Å². The van der Waals surface area contributed by atoms with Gasteiger partial charge < -0.3 is 14.2 Å². The van der Waals surface area contributed by atoms with Gasteiger partial charge in [-0.2, -0.15) is 5.26 Å². The number of amides is 2. The molecule has 1 aliphatic rings. The summed E-state index contributed by atoms with van der Waals surface area (Å²) < 4.78 is 16.5. The fourth-order valence-electron chi connectivity index (χ4n) is 3.50. The van der Waals surface area contributed by atoms with Crippen molar-refractivity contribution in [3.63, 3.8) is 0 Å². The minimum absolute atomic E-state index is 0.0377. The van der Waals surface area contributed by atoms with Gasteiger partial charge in [0.1, 0.15) is 24.0 Å². The molecule has 2 aromatic carbocycles. The Hall–Kier alpha value is -4.31. The van der Waals surface area contributed by atoms with Crippen molar-refractivity contribution in [2.24, 2.45) is 0 Å². The Kier molecular flexibility index (Phi) is 7.88. The SMILES string of the molecule is C=CCOc1ccc(/C=C2/C(=O)N(Cc3ccc(OC)cc3)C(=O)C(C#N)=C2C)cc1OCC. The van der Waals surface area contributed by atoms with Crippen molar-refractivity contribution in [3.05, 3.63) is 83.0 Å². The molecule has 0 fully saturated rings. The quantitative estimate of drug-likeness (QED) is 0.313. The highest BCUT2D eigenvalue weighted by molar-refractivity contribution is 6.19. The van der Waals surface area contributed by atoms with Gasteiger partial charge in [-0.3, -0.25) is 14.5 Å². The second-order valence-corrected chi connectivity index (χ2v) is 7.45. The van der Waals surface area contributed by atoms with Crippen LogP contribution in [-0.4, -0.2) is 37.0 Å². The Balaban J connectivity index is 2.00. The summed E-state index contributed by atoms with van der Waals surface area (Å²) in [5, 5.41) is 9.63. The average Bonchev–Trinajstić information content (AvgIpc) is 2.85. The number of ether oxygens (including phenoxy) is 3. The van der Waals surface area contributed by atoms with E-state index in [4.69, 9.17) is 14.2 Å². The van der Waals surface area contributed by atoms with Crippen LogP contribution in [-0.2, 0) is 16.1 Å². The topological polar surface area (TPSA) is 88.9 Å². The molecule has 1 aliphatic heterocycles. The van der Waals surface area contributed by atoms with Crippen molar-refractivity contribution in [3.8, 4) is 23.3 Å². The maximum absolute atomic E-state index is 13.4. The molecule has 1 heterocycles. The number of methoxy groups -OCH3 is 1. The van der Waals surface area contributed by atoms with Crippen LogP contribution in [0.25, 0.3) is 6.08 Å². The number of hydrogen-bond donors (Lipinski definition) is 0. The second-order valence-electron chi connectivity index (χ2n) is 7.45. The molecule has 174 valence electrons. The molecule has 34 heavy (non-hydrogen) atoms. The van der Waals surface area contributed by atoms with Crippen LogP contribution in [0, 0.1) is 11.3 Å². The summed E-state index contributed by atoms with van der Waals surface area (Å²) >= 11 is 0. The predicted octanol–water partition coefficient (Wildman–Crippen LogP) is 4.45. The molecule has 2 amide bonds. The van der Waals surface area contributed by atoms with E-state index in [2.05, 4.69) is 6.58 Å². The molecule has 0 aliphatic carbocycles. The second kappa shape index (κ2) is 11.0. The molecule has 0 radical (unpaired) electrons. The van der Waals surface area contributed by atoms with E-state index in [1.54, 1.807) is 68.7 Å². The van der Waals surface area contributed by atoms with Gasteiger partial charge >= 0.3 is 0 Å². The summed E-state index contributed by atoms with van der Waals surface area (Å²) in [6.45, 7) is 7.92. The molecular weight excluding hydrogens is 432 g/mol. The summed E-state index contributed by atoms with van der Waals surface area (Å²) in [5.74, 6) is 0.665. The van der Waals surface area contributed by atoms with E-state index in [-0.39, 0.29) is 17.7 Å². The Morgan fingerprint density at radius 2 is 1.79 bits per heavy atom. The monoisotopic (exact) mass is 458 g/mol. The zero-order valence-corrected chi connectivity index (χ0v) is 19.5. The number of benzene rings is 2. The lowest BCUT2D eigenvalue weighted by molar-refractivity contribution is -0.141. The van der Waals surface area contributed by atoms with Crippen molar-refractivity contribution in [2.45, 2.75) is 20.4 Å². The van der Waals surface area contributed by atoms with Crippen molar-refractivity contribution < 1.29 is 23.8 Å². The fraction of sp³-hybridized carbons (Fsp3) is 0.222. The van der Waals surface area contributed by atoms with Crippen LogP contribution >= 0.6 is 0 Å². The van der Waals surface area contributed by atoms with Gasteiger partial charge in [0.15, 0.2) is 11.5 Å². The molecule has 0 saturated carbocycles. The van der Waals surface area contributed by atoms with Crippen LogP contribution in [0.15, 0.2) is 71.8 Å². The van der Waals surface area contributed by atoms with Gasteiger partial charge in [0.05, 0.1) is 20.3 Å². The van der Waals surface area contributed by atoms with E-state index in [9.17, 15) is 14.9 Å². The number of imide groups is 1. The van der Waals surface area contributed by atoms with Crippen LogP contribution in [0.2, 0.25) is 0 Å². The van der Waals surface area contributed by atoms with Crippen LogP contribution in [0.1, 0.15) is 25.0 Å². The number of nitriles is 1. The first-order chi connectivity index (χ1) is 16.4. The lowest BCUT2D eigenvalue weighted by Crippen LogP contribution is -2.42. The molecule has 0 saturated heterocycles. The van der Waals surface area contributed by atoms with Gasteiger partial charge in [-0.05, 0) is 60.9 Å². The van der Waals surface area contributed by atoms with Gasteiger partial charge in [0.2, 0.25) is 0 Å². The van der Waals surface area contributed by atoms with Crippen LogP contribution < -0.4 is 14.2 Å². The zero-order valence-electron chi connectivity index (χ0n) is 19.5. The molecule has 0 bridgehead atoms. The summed E-state index contributed by atoms with van der Waals surface area (Å²) in [6, 6.07) is 14.3. The number of rotatable bonds is 9. The fourth-order valence-corrected chi connectivity index (χ4v) is 3.50. The summed E-state index contributed by atoms with van der Waals surface area (Å²) in [7, 11) is 1.56. The Morgan fingerprint density at radius 1 is 1.06 bits per heavy atom. The molecule has 0 spiro atoms. The standard InChI is InChI=1S/C27H26N2O5/c1-5-13-34-24-12-9-20(15-25(24)33-6-2)14-22-18(3)23(16-28)27(31)29(26(22)30)17-19-7-10-21(32-4)11-8-19/h5,7-12,14-15H,1,6,13,17H2,2-4H3/b22-14+. The lowest BCUT2D eigenvalue weighted by atomic mass is 9.93. The summed E-state index contributed by atoms with van der Waals surface area (Å²) in [6.07, 6.45) is 3.29. The third-order valence-electron chi connectivity index (χ3n) is 5.26. The number of carbonyl (C=O) groups is 2. The highest BCUT2D eigenvalue weighted by atomic mass is 16.5. The molecule has 7 heteroatoms. The van der Waals surface area contributed by atoms with E-state index >= 15 is 0 Å². The lowest BCUT2D eigenvalue weighted by Gasteiger charge is -2.27. The molecular formula is C27H26N2O5. The average molecular weight is 459 g/mol. The van der Waals surface area contributed by atoms with Crippen molar-refractivity contribution >= 4 is 17.9 Å². The van der Waals surface area contributed by atoms with Gasteiger partial charge in [-0.15, -0.1) is 0 Å². The van der Waals surface area contributed by atoms with Crippen molar-refractivity contribution in [1.82, 2.24) is 4.90 Å². The minimum atomic E-state index is -0.610. The maximum Gasteiger partial charge on any atom is 0.271 e. The number of carbonyl (C=O) groups excluding carboxylic acids is 2. The number of hydrogen-bond acceptors (Lipinski definition) is 6. The molecule has 2 aromatic rings. The third-order valence-corrected chi connectivity index (χ3v) is 5.26. The minimum Gasteiger partial charge on any atom is -0.497 e. The molecule has 0 atom stereocenters. The van der Waals surface area contributed by atoms with Crippen LogP contribution in [0.3, 0.4) is 0 Å². The Morgan fingerprint density at radius 3 is 2.41 bits per heavy atom. The molecule has 0 unspecified atom stereocenters. The van der Waals surface area contributed by atoms with Crippen LogP contribution in [0.4, 0.5) is 0 Å². The van der Waals surface area contributed by atoms with E-state index in [0.717, 1.165) is 10.5 Å². The largest absolute Gasteiger partial charge is 0.497 e. The molecule has 0 aromatic heterocycles. The van der Waals surface area contributed by atoms with E-state index in [1.165, 1.54) is 0 Å². The molecule has 7 nitrogen and oxygen atoms in total. The maximum atomic E-state index is 13.4. The summed E-state index contributed by atoms with van der Waals surface area (Å²) in [4.78, 5) is 27.4. The zero-order chi connectivity index (χ0) is 24.7. The molecule has 3 rings (SSSR count). The first-order valence-electron chi connectivity index (χ1n) is 10.8. The van der Waals surface area contributed by atoms with Gasteiger partial charge in [-0.25, -0.2) is 0 Å². The van der Waals surface area contributed by atoms with E-state index in [1.807, 2.05) is 13.0 Å². The van der Waals surface area contributed by atoms with Crippen molar-refractivity contribution in [1.29, 1.82) is 5.26 Å². The van der Waals surface area contributed by atoms with E-state index < -0.39 is 11.8 Å². The van der Waals surface area contributed by atoms with Crippen LogP contribution in [0.5, 0.6) is 17.2 Å². The Bertz CT molecular complexity index is 1200. The predicted molar refractivity (Wildman–Crippen MR) is 128 cm³/mol. The van der Waals surface area contributed by atoms with Crippen molar-refractivity contribution in [2.75, 3.05) is 20.3 Å². The normalized spacial score (nSPS) is 14.8. The van der Waals surface area contributed by atoms with Gasteiger partial charge in [-0.1, -0.05) is 30.9 Å². The summed E-state index contributed by atoms with van der Waals surface area (Å²) in [5.41, 5.74) is 1.96. The molecule has 0 N–H and O–H groups in total. The number of nitrogens with zero attached hydrogens (tertiary/aromatic N) is 2. The smallest absolute Gasteiger partial charge is 0.271 e. The first kappa shape index (κ1) is 24.3. The highest BCUT2D eigenvalue weighted by Crippen LogP contribution is 2.32.